The van der Waals surface area contributed by atoms with Crippen molar-refractivity contribution in [2.45, 2.75) is 25.8 Å². The van der Waals surface area contributed by atoms with Gasteiger partial charge in [0.2, 0.25) is 5.95 Å². The highest BCUT2D eigenvalue weighted by Gasteiger charge is 2.27. The molecule has 1 N–H and O–H groups in total. The van der Waals surface area contributed by atoms with Gasteiger partial charge in [-0.25, -0.2) is 9.97 Å². The van der Waals surface area contributed by atoms with Gasteiger partial charge >= 0.3 is 0 Å². The van der Waals surface area contributed by atoms with E-state index in [-0.39, 0.29) is 0 Å². The van der Waals surface area contributed by atoms with Crippen LogP contribution in [0.2, 0.25) is 0 Å². The van der Waals surface area contributed by atoms with E-state index in [1.807, 2.05) is 0 Å². The molecule has 0 amide bonds. The highest BCUT2D eigenvalue weighted by molar-refractivity contribution is 9.10. The Balaban J connectivity index is 1.44. The molecule has 2 fully saturated rings. The number of piperazine rings is 1. The Kier molecular flexibility index (Phi) is 6.75. The van der Waals surface area contributed by atoms with Crippen LogP contribution in [0.25, 0.3) is 0 Å². The van der Waals surface area contributed by atoms with Crippen molar-refractivity contribution in [2.75, 3.05) is 63.6 Å². The van der Waals surface area contributed by atoms with Crippen molar-refractivity contribution in [3.63, 3.8) is 0 Å². The first-order chi connectivity index (χ1) is 14.5. The van der Waals surface area contributed by atoms with Crippen LogP contribution < -0.4 is 15.0 Å². The van der Waals surface area contributed by atoms with Crippen molar-refractivity contribution in [1.82, 2.24) is 19.8 Å². The molecule has 2 aliphatic rings. The Morgan fingerprint density at radius 1 is 1.03 bits per heavy atom. The lowest BCUT2D eigenvalue weighted by Crippen LogP contribution is -2.52. The average molecular weight is 475 g/mol. The topological polar surface area (TPSA) is 56.8 Å². The van der Waals surface area contributed by atoms with Crippen LogP contribution in [0.15, 0.2) is 29.0 Å². The molecule has 0 saturated carbocycles. The Bertz CT molecular complexity index is 845. The molecule has 2 saturated heterocycles. The van der Waals surface area contributed by atoms with Gasteiger partial charge in [0.15, 0.2) is 0 Å². The number of halogens is 1. The lowest BCUT2D eigenvalue weighted by Gasteiger charge is -2.43. The molecule has 2 aromatic rings. The molecule has 0 radical (unpaired) electrons. The van der Waals surface area contributed by atoms with Crippen molar-refractivity contribution < 1.29 is 4.74 Å². The van der Waals surface area contributed by atoms with Crippen molar-refractivity contribution in [3.05, 3.63) is 34.6 Å². The summed E-state index contributed by atoms with van der Waals surface area (Å²) in [7, 11) is 3.93. The molecule has 3 heterocycles. The number of methoxy groups -OCH3 is 1. The van der Waals surface area contributed by atoms with Crippen LogP contribution >= 0.6 is 15.9 Å². The number of rotatable bonds is 5. The van der Waals surface area contributed by atoms with Crippen LogP contribution in [0.3, 0.4) is 0 Å². The van der Waals surface area contributed by atoms with Crippen molar-refractivity contribution >= 4 is 33.3 Å². The molecule has 162 valence electrons. The third kappa shape index (κ3) is 4.87. The van der Waals surface area contributed by atoms with Crippen molar-refractivity contribution in [1.29, 1.82) is 0 Å². The summed E-state index contributed by atoms with van der Waals surface area (Å²) in [6.07, 6.45) is 5.90. The largest absolute Gasteiger partial charge is 0.494 e. The van der Waals surface area contributed by atoms with Gasteiger partial charge in [-0.15, -0.1) is 0 Å². The van der Waals surface area contributed by atoms with Gasteiger partial charge in [0, 0.05) is 69.5 Å². The lowest BCUT2D eigenvalue weighted by atomic mass is 10.0. The second-order valence-corrected chi connectivity index (χ2v) is 9.16. The summed E-state index contributed by atoms with van der Waals surface area (Å²) >= 11 is 3.37. The maximum absolute atomic E-state index is 5.69. The number of hydrogen-bond acceptors (Lipinski definition) is 7. The molecule has 0 aliphatic carbocycles. The molecule has 0 bridgehead atoms. The van der Waals surface area contributed by atoms with Crippen LogP contribution in [0.4, 0.5) is 17.3 Å². The first kappa shape index (κ1) is 21.3. The maximum atomic E-state index is 5.69. The van der Waals surface area contributed by atoms with Crippen LogP contribution in [0, 0.1) is 6.92 Å². The molecule has 0 atom stereocenters. The quantitative estimate of drug-likeness (QED) is 0.710. The van der Waals surface area contributed by atoms with E-state index in [0.717, 1.165) is 29.0 Å². The predicted molar refractivity (Wildman–Crippen MR) is 125 cm³/mol. The van der Waals surface area contributed by atoms with Gasteiger partial charge in [-0.05, 0) is 54.4 Å². The van der Waals surface area contributed by atoms with E-state index < -0.39 is 0 Å². The molecule has 8 heteroatoms. The van der Waals surface area contributed by atoms with Crippen LogP contribution in [0.1, 0.15) is 18.4 Å². The smallest absolute Gasteiger partial charge is 0.227 e. The monoisotopic (exact) mass is 474 g/mol. The summed E-state index contributed by atoms with van der Waals surface area (Å²) in [5.74, 6) is 1.36. The number of aryl methyl sites for hydroxylation is 1. The number of anilines is 3. The minimum atomic E-state index is 0.552. The Morgan fingerprint density at radius 2 is 1.70 bits per heavy atom. The highest BCUT2D eigenvalue weighted by atomic mass is 79.9. The van der Waals surface area contributed by atoms with Gasteiger partial charge in [0.1, 0.15) is 5.75 Å². The number of likely N-dealkylation sites (N-methyl/N-ethyl adjacent to an activating group) is 1. The first-order valence-electron chi connectivity index (χ1n) is 10.6. The Labute approximate surface area is 187 Å². The number of ether oxygens (including phenoxy) is 1. The zero-order valence-corrected chi connectivity index (χ0v) is 19.7. The van der Waals surface area contributed by atoms with E-state index in [0.29, 0.717) is 12.0 Å². The summed E-state index contributed by atoms with van der Waals surface area (Å²) in [5.41, 5.74) is 3.37. The second-order valence-electron chi connectivity index (χ2n) is 8.25. The standard InChI is InChI=1S/C22H31BrN6O/c1-16-12-19(26-22-24-14-17(23)15-25-22)21(30-3)13-20(16)29-6-4-18(5-7-29)28-10-8-27(2)9-11-28/h12-15,18H,4-11H2,1-3H3,(H,24,25,26). The molecular weight excluding hydrogens is 444 g/mol. The molecule has 0 unspecified atom stereocenters. The molecule has 30 heavy (non-hydrogen) atoms. The molecule has 1 aromatic carbocycles. The van der Waals surface area contributed by atoms with Crippen LogP contribution in [-0.2, 0) is 0 Å². The molecular formula is C22H31BrN6O. The number of nitrogens with zero attached hydrogens (tertiary/aromatic N) is 5. The van der Waals surface area contributed by atoms with E-state index in [2.05, 4.69) is 72.0 Å². The van der Waals surface area contributed by atoms with Gasteiger partial charge in [-0.2, -0.15) is 0 Å². The summed E-state index contributed by atoms with van der Waals surface area (Å²) in [6.45, 7) is 9.11. The van der Waals surface area contributed by atoms with Crippen molar-refractivity contribution in [3.8, 4) is 5.75 Å². The predicted octanol–water partition coefficient (Wildman–Crippen LogP) is 3.52. The van der Waals surface area contributed by atoms with E-state index in [1.165, 1.54) is 50.3 Å². The zero-order valence-electron chi connectivity index (χ0n) is 18.1. The van der Waals surface area contributed by atoms with E-state index in [9.17, 15) is 0 Å². The fourth-order valence-electron chi connectivity index (χ4n) is 4.44. The molecule has 0 spiro atoms. The fourth-order valence-corrected chi connectivity index (χ4v) is 4.65. The highest BCUT2D eigenvalue weighted by Crippen LogP contribution is 2.36. The summed E-state index contributed by atoms with van der Waals surface area (Å²) < 4.78 is 6.54. The normalized spacial score (nSPS) is 19.1. The number of hydrogen-bond donors (Lipinski definition) is 1. The summed E-state index contributed by atoms with van der Waals surface area (Å²) in [4.78, 5) is 16.2. The lowest BCUT2D eigenvalue weighted by molar-refractivity contribution is 0.0982. The number of nitrogens with one attached hydrogen (secondary N) is 1. The molecule has 4 rings (SSSR count). The minimum Gasteiger partial charge on any atom is -0.494 e. The minimum absolute atomic E-state index is 0.552. The fraction of sp³-hybridized carbons (Fsp3) is 0.545. The van der Waals surface area contributed by atoms with Crippen LogP contribution in [0.5, 0.6) is 5.75 Å². The van der Waals surface area contributed by atoms with Crippen molar-refractivity contribution in [2.24, 2.45) is 0 Å². The Morgan fingerprint density at radius 3 is 2.33 bits per heavy atom. The molecule has 7 nitrogen and oxygen atoms in total. The van der Waals surface area contributed by atoms with Crippen LogP contribution in [-0.4, -0.2) is 79.2 Å². The number of piperidine rings is 1. The van der Waals surface area contributed by atoms with Gasteiger partial charge in [-0.3, -0.25) is 4.90 Å². The zero-order chi connectivity index (χ0) is 21.1. The summed E-state index contributed by atoms with van der Waals surface area (Å²) in [6, 6.07) is 4.99. The third-order valence-electron chi connectivity index (χ3n) is 6.24. The summed E-state index contributed by atoms with van der Waals surface area (Å²) in [5, 5.41) is 3.28. The number of aromatic nitrogens is 2. The maximum Gasteiger partial charge on any atom is 0.227 e. The number of benzene rings is 1. The van der Waals surface area contributed by atoms with E-state index in [1.54, 1.807) is 19.5 Å². The third-order valence-corrected chi connectivity index (χ3v) is 6.65. The van der Waals surface area contributed by atoms with Gasteiger partial charge in [0.05, 0.1) is 17.3 Å². The first-order valence-corrected chi connectivity index (χ1v) is 11.4. The molecule has 1 aromatic heterocycles. The average Bonchev–Trinajstić information content (AvgIpc) is 2.76. The molecule has 2 aliphatic heterocycles. The van der Waals surface area contributed by atoms with Gasteiger partial charge in [-0.1, -0.05) is 0 Å². The van der Waals surface area contributed by atoms with Gasteiger partial charge < -0.3 is 19.9 Å². The second kappa shape index (κ2) is 9.49. The van der Waals surface area contributed by atoms with E-state index >= 15 is 0 Å². The SMILES string of the molecule is COc1cc(N2CCC(N3CCN(C)CC3)CC2)c(C)cc1Nc1ncc(Br)cn1. The Hall–Kier alpha value is -1.90. The van der Waals surface area contributed by atoms with Gasteiger partial charge in [0.25, 0.3) is 0 Å². The van der Waals surface area contributed by atoms with E-state index in [4.69, 9.17) is 4.74 Å².